The van der Waals surface area contributed by atoms with Crippen LogP contribution >= 0.6 is 23.1 Å². The highest BCUT2D eigenvalue weighted by atomic mass is 32.2. The molecular weight excluding hydrogens is 316 g/mol. The predicted octanol–water partition coefficient (Wildman–Crippen LogP) is 3.29. The number of benzene rings is 1. The Hall–Kier alpha value is -1.60. The van der Waals surface area contributed by atoms with Gasteiger partial charge >= 0.3 is 0 Å². The van der Waals surface area contributed by atoms with Gasteiger partial charge in [-0.15, -0.1) is 10.2 Å². The Labute approximate surface area is 137 Å². The van der Waals surface area contributed by atoms with E-state index in [1.54, 1.807) is 11.3 Å². The molecule has 3 rings (SSSR count). The molecule has 0 spiro atoms. The molecule has 7 heteroatoms. The molecule has 0 saturated heterocycles. The Kier molecular flexibility index (Phi) is 4.35. The van der Waals surface area contributed by atoms with Crippen LogP contribution in [-0.4, -0.2) is 43.7 Å². The van der Waals surface area contributed by atoms with E-state index in [-0.39, 0.29) is 11.2 Å². The van der Waals surface area contributed by atoms with Crippen LogP contribution in [0.2, 0.25) is 0 Å². The van der Waals surface area contributed by atoms with Crippen molar-refractivity contribution in [1.29, 1.82) is 0 Å². The van der Waals surface area contributed by atoms with Gasteiger partial charge in [0.15, 0.2) is 5.16 Å². The van der Waals surface area contributed by atoms with Gasteiger partial charge in [-0.2, -0.15) is 0 Å². The average Bonchev–Trinajstić information content (AvgIpc) is 3.08. The van der Waals surface area contributed by atoms with Gasteiger partial charge < -0.3 is 4.90 Å². The number of hydrogen-bond donors (Lipinski definition) is 0. The third kappa shape index (κ3) is 2.59. The minimum Gasteiger partial charge on any atom is -0.342 e. The lowest BCUT2D eigenvalue weighted by Crippen LogP contribution is -2.36. The standard InChI is InChI=1S/C15H18N4OS2/c1-4-18(5-2)13(20)10(3)21-14-16-17-15-19(14)11-8-6-7-9-12(11)22-15/h6-10H,4-5H2,1-3H3. The van der Waals surface area contributed by atoms with E-state index in [9.17, 15) is 4.79 Å². The summed E-state index contributed by atoms with van der Waals surface area (Å²) in [5, 5.41) is 9.10. The van der Waals surface area contributed by atoms with Crippen LogP contribution in [0.5, 0.6) is 0 Å². The lowest BCUT2D eigenvalue weighted by atomic mass is 10.3. The van der Waals surface area contributed by atoms with Crippen LogP contribution in [0, 0.1) is 0 Å². The maximum Gasteiger partial charge on any atom is 0.235 e. The third-order valence-electron chi connectivity index (χ3n) is 3.62. The summed E-state index contributed by atoms with van der Waals surface area (Å²) in [6.07, 6.45) is 0. The van der Waals surface area contributed by atoms with E-state index < -0.39 is 0 Å². The highest BCUT2D eigenvalue weighted by Crippen LogP contribution is 2.31. The maximum absolute atomic E-state index is 12.4. The summed E-state index contributed by atoms with van der Waals surface area (Å²) in [7, 11) is 0. The van der Waals surface area contributed by atoms with Crippen molar-refractivity contribution in [1.82, 2.24) is 19.5 Å². The number of hydrogen-bond acceptors (Lipinski definition) is 5. The number of para-hydroxylation sites is 1. The van der Waals surface area contributed by atoms with Crippen molar-refractivity contribution < 1.29 is 4.79 Å². The molecule has 2 heterocycles. The van der Waals surface area contributed by atoms with Crippen molar-refractivity contribution in [2.24, 2.45) is 0 Å². The zero-order valence-electron chi connectivity index (χ0n) is 12.8. The zero-order chi connectivity index (χ0) is 15.7. The van der Waals surface area contributed by atoms with E-state index in [0.29, 0.717) is 0 Å². The van der Waals surface area contributed by atoms with E-state index in [4.69, 9.17) is 0 Å². The molecule has 0 aliphatic carbocycles. The van der Waals surface area contributed by atoms with Gasteiger partial charge in [0, 0.05) is 13.1 Å². The molecular formula is C15H18N4OS2. The molecule has 1 atom stereocenters. The number of carbonyl (C=O) groups excluding carboxylic acids is 1. The number of thiazole rings is 1. The molecule has 0 bridgehead atoms. The Balaban J connectivity index is 1.92. The fourth-order valence-corrected chi connectivity index (χ4v) is 4.40. The predicted molar refractivity (Wildman–Crippen MR) is 91.6 cm³/mol. The lowest BCUT2D eigenvalue weighted by molar-refractivity contribution is -0.129. The topological polar surface area (TPSA) is 50.5 Å². The van der Waals surface area contributed by atoms with Gasteiger partial charge in [-0.05, 0) is 32.9 Å². The van der Waals surface area contributed by atoms with Crippen LogP contribution in [0.25, 0.3) is 15.2 Å². The SMILES string of the molecule is CCN(CC)C(=O)C(C)Sc1nnc2sc3ccccc3n12. The largest absolute Gasteiger partial charge is 0.342 e. The highest BCUT2D eigenvalue weighted by Gasteiger charge is 2.22. The van der Waals surface area contributed by atoms with E-state index in [1.165, 1.54) is 16.5 Å². The van der Waals surface area contributed by atoms with Gasteiger partial charge in [-0.1, -0.05) is 35.2 Å². The Morgan fingerprint density at radius 2 is 2.05 bits per heavy atom. The van der Waals surface area contributed by atoms with Crippen LogP contribution in [0.1, 0.15) is 20.8 Å². The highest BCUT2D eigenvalue weighted by molar-refractivity contribution is 8.00. The molecule has 0 fully saturated rings. The van der Waals surface area contributed by atoms with Crippen LogP contribution in [0.4, 0.5) is 0 Å². The molecule has 116 valence electrons. The van der Waals surface area contributed by atoms with E-state index >= 15 is 0 Å². The van der Waals surface area contributed by atoms with Crippen molar-refractivity contribution in [3.05, 3.63) is 24.3 Å². The first kappa shape index (κ1) is 15.3. The number of thioether (sulfide) groups is 1. The molecule has 1 unspecified atom stereocenters. The van der Waals surface area contributed by atoms with E-state index in [2.05, 4.69) is 22.3 Å². The van der Waals surface area contributed by atoms with Crippen LogP contribution in [0.15, 0.2) is 29.4 Å². The minimum atomic E-state index is -0.175. The number of carbonyl (C=O) groups is 1. The van der Waals surface area contributed by atoms with Crippen molar-refractivity contribution in [3.63, 3.8) is 0 Å². The number of amides is 1. The van der Waals surface area contributed by atoms with Gasteiger partial charge in [-0.3, -0.25) is 9.20 Å². The molecule has 5 nitrogen and oxygen atoms in total. The fraction of sp³-hybridized carbons (Fsp3) is 0.400. The second kappa shape index (κ2) is 6.26. The van der Waals surface area contributed by atoms with Gasteiger partial charge in [0.25, 0.3) is 0 Å². The molecule has 2 aromatic heterocycles. The first-order chi connectivity index (χ1) is 10.7. The van der Waals surface area contributed by atoms with Gasteiger partial charge in [0.05, 0.1) is 15.5 Å². The van der Waals surface area contributed by atoms with Crippen molar-refractivity contribution >= 4 is 44.2 Å². The van der Waals surface area contributed by atoms with Crippen LogP contribution in [-0.2, 0) is 4.79 Å². The molecule has 3 aromatic rings. The summed E-state index contributed by atoms with van der Waals surface area (Å²) in [5.41, 5.74) is 1.09. The monoisotopic (exact) mass is 334 g/mol. The molecule has 0 N–H and O–H groups in total. The summed E-state index contributed by atoms with van der Waals surface area (Å²) < 4.78 is 3.22. The first-order valence-corrected chi connectivity index (χ1v) is 9.03. The van der Waals surface area contributed by atoms with Crippen molar-refractivity contribution in [2.45, 2.75) is 31.2 Å². The van der Waals surface area contributed by atoms with E-state index in [1.807, 2.05) is 42.2 Å². The summed E-state index contributed by atoms with van der Waals surface area (Å²) in [6, 6.07) is 8.16. The van der Waals surface area contributed by atoms with Crippen molar-refractivity contribution in [2.75, 3.05) is 13.1 Å². The number of fused-ring (bicyclic) bond motifs is 3. The Morgan fingerprint density at radius 1 is 1.32 bits per heavy atom. The molecule has 0 saturated carbocycles. The molecule has 0 aliphatic rings. The lowest BCUT2D eigenvalue weighted by Gasteiger charge is -2.21. The van der Waals surface area contributed by atoms with Crippen molar-refractivity contribution in [3.8, 4) is 0 Å². The Morgan fingerprint density at radius 3 is 2.77 bits per heavy atom. The summed E-state index contributed by atoms with van der Waals surface area (Å²) >= 11 is 3.09. The second-order valence-corrected chi connectivity index (χ2v) is 7.26. The van der Waals surface area contributed by atoms with Gasteiger partial charge in [0.1, 0.15) is 0 Å². The summed E-state index contributed by atoms with van der Waals surface area (Å²) in [4.78, 5) is 15.1. The van der Waals surface area contributed by atoms with E-state index in [0.717, 1.165) is 28.7 Å². The number of aromatic nitrogens is 3. The smallest absolute Gasteiger partial charge is 0.235 e. The molecule has 22 heavy (non-hydrogen) atoms. The maximum atomic E-state index is 12.4. The normalized spacial score (nSPS) is 12.9. The Bertz CT molecular complexity index is 806. The van der Waals surface area contributed by atoms with Crippen LogP contribution in [0.3, 0.4) is 0 Å². The number of nitrogens with zero attached hydrogens (tertiary/aromatic N) is 4. The fourth-order valence-electron chi connectivity index (χ4n) is 2.43. The van der Waals surface area contributed by atoms with Gasteiger partial charge in [-0.25, -0.2) is 0 Å². The second-order valence-electron chi connectivity index (χ2n) is 4.94. The zero-order valence-corrected chi connectivity index (χ0v) is 14.4. The molecule has 1 aromatic carbocycles. The quantitative estimate of drug-likeness (QED) is 0.672. The average molecular weight is 334 g/mol. The summed E-state index contributed by atoms with van der Waals surface area (Å²) in [6.45, 7) is 7.40. The molecule has 1 amide bonds. The third-order valence-corrected chi connectivity index (χ3v) is 5.66. The molecule has 0 aliphatic heterocycles. The van der Waals surface area contributed by atoms with Gasteiger partial charge in [0.2, 0.25) is 10.9 Å². The molecule has 0 radical (unpaired) electrons. The summed E-state index contributed by atoms with van der Waals surface area (Å²) in [5.74, 6) is 0.145. The van der Waals surface area contributed by atoms with Crippen LogP contribution < -0.4 is 0 Å². The number of rotatable bonds is 5. The first-order valence-electron chi connectivity index (χ1n) is 7.33. The minimum absolute atomic E-state index is 0.145.